The fourth-order valence-corrected chi connectivity index (χ4v) is 2.44. The number of pyridine rings is 1. The first kappa shape index (κ1) is 15.7. The van der Waals surface area contributed by atoms with E-state index in [1.165, 1.54) is 0 Å². The Morgan fingerprint density at radius 3 is 2.87 bits per heavy atom. The van der Waals surface area contributed by atoms with E-state index >= 15 is 0 Å². The van der Waals surface area contributed by atoms with Crippen molar-refractivity contribution < 1.29 is 4.79 Å². The summed E-state index contributed by atoms with van der Waals surface area (Å²) >= 11 is 3.36. The number of carbonyl (C=O) groups is 1. The molecule has 0 saturated carbocycles. The molecule has 3 aromatic rings. The second-order valence-electron chi connectivity index (χ2n) is 5.31. The molecule has 2 heterocycles. The Kier molecular flexibility index (Phi) is 4.43. The van der Waals surface area contributed by atoms with Crippen LogP contribution in [-0.4, -0.2) is 25.5 Å². The fourth-order valence-electron chi connectivity index (χ4n) is 2.33. The number of para-hydroxylation sites is 1. The molecule has 1 N–H and O–H groups in total. The standard InChI is InChI=1S/C17H17BrN4O/c1-3-13(18)17(23)20-16-10-11(2)21-22(16)15-9-8-12-6-4-5-7-14(12)19-15/h4-10,13H,3H2,1-2H3,(H,20,23). The fraction of sp³-hybridized carbons (Fsp3) is 0.235. The van der Waals surface area contributed by atoms with Gasteiger partial charge in [-0.15, -0.1) is 0 Å². The predicted molar refractivity (Wildman–Crippen MR) is 95.2 cm³/mol. The van der Waals surface area contributed by atoms with Gasteiger partial charge in [-0.05, 0) is 31.5 Å². The van der Waals surface area contributed by atoms with Crippen LogP contribution in [0.2, 0.25) is 0 Å². The van der Waals surface area contributed by atoms with E-state index in [0.29, 0.717) is 18.1 Å². The smallest absolute Gasteiger partial charge is 0.239 e. The Balaban J connectivity index is 1.99. The van der Waals surface area contributed by atoms with Gasteiger partial charge in [-0.25, -0.2) is 4.98 Å². The number of aromatic nitrogens is 3. The Bertz CT molecular complexity index is 859. The summed E-state index contributed by atoms with van der Waals surface area (Å²) in [7, 11) is 0. The highest BCUT2D eigenvalue weighted by Crippen LogP contribution is 2.20. The Morgan fingerprint density at radius 1 is 1.30 bits per heavy atom. The van der Waals surface area contributed by atoms with E-state index in [4.69, 9.17) is 0 Å². The van der Waals surface area contributed by atoms with Gasteiger partial charge in [0.05, 0.1) is 16.0 Å². The summed E-state index contributed by atoms with van der Waals surface area (Å²) in [5.74, 6) is 1.21. The number of carbonyl (C=O) groups excluding carboxylic acids is 1. The number of amides is 1. The molecular formula is C17H17BrN4O. The van der Waals surface area contributed by atoms with Crippen LogP contribution in [0.5, 0.6) is 0 Å². The highest BCUT2D eigenvalue weighted by molar-refractivity contribution is 9.10. The number of aryl methyl sites for hydroxylation is 1. The van der Waals surface area contributed by atoms with E-state index in [1.807, 2.05) is 56.3 Å². The van der Waals surface area contributed by atoms with Crippen molar-refractivity contribution in [1.82, 2.24) is 14.8 Å². The molecule has 0 aliphatic rings. The van der Waals surface area contributed by atoms with Gasteiger partial charge in [0.2, 0.25) is 5.91 Å². The van der Waals surface area contributed by atoms with Crippen molar-refractivity contribution in [1.29, 1.82) is 0 Å². The van der Waals surface area contributed by atoms with Gasteiger partial charge in [-0.1, -0.05) is 41.1 Å². The summed E-state index contributed by atoms with van der Waals surface area (Å²) in [6.07, 6.45) is 0.715. The van der Waals surface area contributed by atoms with E-state index in [9.17, 15) is 4.79 Å². The second kappa shape index (κ2) is 6.50. The third-order valence-corrected chi connectivity index (χ3v) is 4.59. The number of anilines is 1. The number of benzene rings is 1. The van der Waals surface area contributed by atoms with Gasteiger partial charge < -0.3 is 5.32 Å². The lowest BCUT2D eigenvalue weighted by Gasteiger charge is -2.11. The summed E-state index contributed by atoms with van der Waals surface area (Å²) in [6.45, 7) is 3.84. The van der Waals surface area contributed by atoms with Crippen molar-refractivity contribution in [2.45, 2.75) is 25.1 Å². The number of hydrogen-bond acceptors (Lipinski definition) is 3. The van der Waals surface area contributed by atoms with Crippen LogP contribution >= 0.6 is 15.9 Å². The minimum atomic E-state index is -0.226. The van der Waals surface area contributed by atoms with Crippen LogP contribution < -0.4 is 5.32 Å². The predicted octanol–water partition coefficient (Wildman–Crippen LogP) is 3.84. The van der Waals surface area contributed by atoms with Crippen molar-refractivity contribution in [3.8, 4) is 5.82 Å². The highest BCUT2D eigenvalue weighted by Gasteiger charge is 2.16. The number of rotatable bonds is 4. The zero-order valence-corrected chi connectivity index (χ0v) is 14.5. The van der Waals surface area contributed by atoms with Crippen LogP contribution in [0.25, 0.3) is 16.7 Å². The normalized spacial score (nSPS) is 12.3. The third kappa shape index (κ3) is 3.27. The lowest BCUT2D eigenvalue weighted by Crippen LogP contribution is -2.23. The molecule has 0 radical (unpaired) electrons. The summed E-state index contributed by atoms with van der Waals surface area (Å²) < 4.78 is 1.66. The van der Waals surface area contributed by atoms with Gasteiger partial charge in [0.15, 0.2) is 5.82 Å². The van der Waals surface area contributed by atoms with E-state index in [2.05, 4.69) is 31.3 Å². The van der Waals surface area contributed by atoms with Gasteiger partial charge in [-0.2, -0.15) is 9.78 Å². The molecule has 1 unspecified atom stereocenters. The van der Waals surface area contributed by atoms with Crippen molar-refractivity contribution in [3.63, 3.8) is 0 Å². The largest absolute Gasteiger partial charge is 0.310 e. The topological polar surface area (TPSA) is 59.8 Å². The molecule has 6 heteroatoms. The minimum absolute atomic E-state index is 0.0885. The van der Waals surface area contributed by atoms with Crippen molar-refractivity contribution in [2.75, 3.05) is 5.32 Å². The molecule has 0 saturated heterocycles. The summed E-state index contributed by atoms with van der Waals surface area (Å²) in [4.78, 5) is 16.5. The first-order valence-electron chi connectivity index (χ1n) is 7.46. The number of nitrogens with zero attached hydrogens (tertiary/aromatic N) is 3. The molecule has 3 rings (SSSR count). The van der Waals surface area contributed by atoms with Crippen LogP contribution in [0.15, 0.2) is 42.5 Å². The minimum Gasteiger partial charge on any atom is -0.310 e. The summed E-state index contributed by atoms with van der Waals surface area (Å²) in [5, 5.41) is 8.42. The average Bonchev–Trinajstić information content (AvgIpc) is 2.93. The number of fused-ring (bicyclic) bond motifs is 1. The van der Waals surface area contributed by atoms with Crippen molar-refractivity contribution >= 4 is 38.6 Å². The molecule has 0 spiro atoms. The molecule has 0 aliphatic heterocycles. The molecule has 0 fully saturated rings. The Hall–Kier alpha value is -2.21. The number of alkyl halides is 1. The lowest BCUT2D eigenvalue weighted by molar-refractivity contribution is -0.115. The van der Waals surface area contributed by atoms with E-state index in [0.717, 1.165) is 16.6 Å². The third-order valence-electron chi connectivity index (χ3n) is 3.53. The molecule has 0 bridgehead atoms. The zero-order valence-electron chi connectivity index (χ0n) is 13.0. The number of nitrogens with one attached hydrogen (secondary N) is 1. The maximum absolute atomic E-state index is 12.1. The molecule has 0 aliphatic carbocycles. The van der Waals surface area contributed by atoms with Crippen LogP contribution in [0.1, 0.15) is 19.0 Å². The van der Waals surface area contributed by atoms with E-state index < -0.39 is 0 Å². The molecule has 2 aromatic heterocycles. The Labute approximate surface area is 142 Å². The maximum atomic E-state index is 12.1. The van der Waals surface area contributed by atoms with Crippen LogP contribution in [-0.2, 0) is 4.79 Å². The van der Waals surface area contributed by atoms with Gasteiger partial charge in [0, 0.05) is 11.5 Å². The first-order valence-corrected chi connectivity index (χ1v) is 8.38. The van der Waals surface area contributed by atoms with Crippen LogP contribution in [0, 0.1) is 6.92 Å². The SMILES string of the molecule is CCC(Br)C(=O)Nc1cc(C)nn1-c1ccc2ccccc2n1. The molecule has 1 atom stereocenters. The van der Waals surface area contributed by atoms with Crippen LogP contribution in [0.3, 0.4) is 0 Å². The molecule has 1 aromatic carbocycles. The summed E-state index contributed by atoms with van der Waals surface area (Å²) in [5.41, 5.74) is 1.71. The second-order valence-corrected chi connectivity index (χ2v) is 6.42. The van der Waals surface area contributed by atoms with Gasteiger partial charge >= 0.3 is 0 Å². The maximum Gasteiger partial charge on any atom is 0.239 e. The number of hydrogen-bond donors (Lipinski definition) is 1. The zero-order chi connectivity index (χ0) is 16.4. The molecular weight excluding hydrogens is 356 g/mol. The first-order chi connectivity index (χ1) is 11.1. The lowest BCUT2D eigenvalue weighted by atomic mass is 10.2. The van der Waals surface area contributed by atoms with E-state index in [-0.39, 0.29) is 10.7 Å². The molecule has 1 amide bonds. The highest BCUT2D eigenvalue weighted by atomic mass is 79.9. The van der Waals surface area contributed by atoms with Crippen molar-refractivity contribution in [2.24, 2.45) is 0 Å². The monoisotopic (exact) mass is 372 g/mol. The van der Waals surface area contributed by atoms with Gasteiger partial charge in [-0.3, -0.25) is 4.79 Å². The average molecular weight is 373 g/mol. The van der Waals surface area contributed by atoms with Gasteiger partial charge in [0.25, 0.3) is 0 Å². The molecule has 5 nitrogen and oxygen atoms in total. The molecule has 118 valence electrons. The van der Waals surface area contributed by atoms with Crippen molar-refractivity contribution in [3.05, 3.63) is 48.2 Å². The van der Waals surface area contributed by atoms with Crippen LogP contribution in [0.4, 0.5) is 5.82 Å². The quantitative estimate of drug-likeness (QED) is 0.707. The van der Waals surface area contributed by atoms with Gasteiger partial charge in [0.1, 0.15) is 5.82 Å². The van der Waals surface area contributed by atoms with E-state index in [1.54, 1.807) is 4.68 Å². The summed E-state index contributed by atoms with van der Waals surface area (Å²) in [6, 6.07) is 13.6. The Morgan fingerprint density at radius 2 is 2.09 bits per heavy atom. The number of halogens is 1. The molecule has 23 heavy (non-hydrogen) atoms.